The molecule has 3 heterocycles. The van der Waals surface area contributed by atoms with Crippen LogP contribution >= 0.6 is 0 Å². The molecule has 0 atom stereocenters. The molecule has 1 amide bonds. The normalized spacial score (nSPS) is 11.2. The van der Waals surface area contributed by atoms with Crippen molar-refractivity contribution in [3.8, 4) is 11.3 Å². The molecule has 170 valence electrons. The lowest BCUT2D eigenvalue weighted by molar-refractivity contribution is -0.116. The number of benzene rings is 2. The number of anilines is 1. The van der Waals surface area contributed by atoms with Crippen LogP contribution in [0.25, 0.3) is 27.8 Å². The van der Waals surface area contributed by atoms with Crippen LogP contribution in [0.3, 0.4) is 0 Å². The lowest BCUT2D eigenvalue weighted by atomic mass is 10.1. The van der Waals surface area contributed by atoms with Gasteiger partial charge in [0.1, 0.15) is 23.7 Å². The fraction of sp³-hybridized carbons (Fsp3) is 0.154. The molecule has 5 rings (SSSR count). The Hall–Kier alpha value is -4.46. The molecule has 0 aliphatic carbocycles. The molecular formula is C26H23N5O3. The zero-order chi connectivity index (χ0) is 23.8. The molecule has 0 bridgehead atoms. The minimum Gasteiger partial charge on any atom is -0.308 e. The number of amides is 1. The van der Waals surface area contributed by atoms with E-state index in [0.717, 1.165) is 21.3 Å². The van der Waals surface area contributed by atoms with Crippen molar-refractivity contribution in [3.63, 3.8) is 0 Å². The number of carbonyl (C=O) groups is 1. The second-order valence-electron chi connectivity index (χ2n) is 8.04. The van der Waals surface area contributed by atoms with Crippen molar-refractivity contribution in [2.24, 2.45) is 0 Å². The number of aryl methyl sites for hydroxylation is 1. The molecule has 0 saturated heterocycles. The van der Waals surface area contributed by atoms with Gasteiger partial charge in [-0.1, -0.05) is 48.5 Å². The summed E-state index contributed by atoms with van der Waals surface area (Å²) >= 11 is 0. The van der Waals surface area contributed by atoms with E-state index in [1.807, 2.05) is 60.0 Å². The van der Waals surface area contributed by atoms with Crippen molar-refractivity contribution in [2.75, 3.05) is 5.32 Å². The smallest absolute Gasteiger partial charge is 0.308 e. The molecule has 3 aromatic heterocycles. The average molecular weight is 454 g/mol. The average Bonchev–Trinajstić information content (AvgIpc) is 3.22. The maximum atomic E-state index is 13.3. The lowest BCUT2D eigenvalue weighted by Gasteiger charge is -2.14. The highest BCUT2D eigenvalue weighted by Gasteiger charge is 2.19. The molecule has 0 unspecified atom stereocenters. The van der Waals surface area contributed by atoms with Crippen LogP contribution < -0.4 is 16.6 Å². The van der Waals surface area contributed by atoms with Crippen molar-refractivity contribution in [1.29, 1.82) is 0 Å². The predicted molar refractivity (Wildman–Crippen MR) is 132 cm³/mol. The summed E-state index contributed by atoms with van der Waals surface area (Å²) in [5.41, 5.74) is 2.76. The minimum atomic E-state index is -0.515. The number of pyridine rings is 1. The third-order valence-electron chi connectivity index (χ3n) is 5.90. The van der Waals surface area contributed by atoms with Crippen LogP contribution in [0.1, 0.15) is 12.5 Å². The zero-order valence-electron chi connectivity index (χ0n) is 18.9. The Bertz CT molecular complexity index is 1660. The van der Waals surface area contributed by atoms with Gasteiger partial charge in [0.05, 0.1) is 10.9 Å². The first kappa shape index (κ1) is 21.4. The lowest BCUT2D eigenvalue weighted by Crippen LogP contribution is -2.41. The Morgan fingerprint density at radius 1 is 0.941 bits per heavy atom. The molecule has 8 heteroatoms. The Morgan fingerprint density at radius 3 is 2.44 bits per heavy atom. The van der Waals surface area contributed by atoms with Crippen LogP contribution in [-0.4, -0.2) is 24.4 Å². The summed E-state index contributed by atoms with van der Waals surface area (Å²) in [4.78, 5) is 43.8. The van der Waals surface area contributed by atoms with Gasteiger partial charge in [-0.15, -0.1) is 0 Å². The van der Waals surface area contributed by atoms with Crippen LogP contribution in [0, 0.1) is 6.92 Å². The van der Waals surface area contributed by atoms with Crippen molar-refractivity contribution in [3.05, 3.63) is 99.3 Å². The zero-order valence-corrected chi connectivity index (χ0v) is 18.9. The first-order chi connectivity index (χ1) is 16.5. The van der Waals surface area contributed by atoms with Crippen molar-refractivity contribution in [1.82, 2.24) is 18.5 Å². The number of carbonyl (C=O) groups excluding carboxylic acids is 1. The van der Waals surface area contributed by atoms with E-state index in [4.69, 9.17) is 4.98 Å². The molecule has 0 aliphatic heterocycles. The maximum absolute atomic E-state index is 13.3. The molecule has 34 heavy (non-hydrogen) atoms. The molecular weight excluding hydrogens is 430 g/mol. The number of rotatable bonds is 5. The Balaban J connectivity index is 1.60. The van der Waals surface area contributed by atoms with Gasteiger partial charge < -0.3 is 5.32 Å². The summed E-state index contributed by atoms with van der Waals surface area (Å²) in [6.07, 6.45) is 1.84. The van der Waals surface area contributed by atoms with Crippen LogP contribution in [0.2, 0.25) is 0 Å². The van der Waals surface area contributed by atoms with Gasteiger partial charge in [0.25, 0.3) is 5.56 Å². The minimum absolute atomic E-state index is 0.217. The number of nitrogens with zero attached hydrogens (tertiary/aromatic N) is 4. The van der Waals surface area contributed by atoms with E-state index in [1.54, 1.807) is 31.2 Å². The predicted octanol–water partition coefficient (Wildman–Crippen LogP) is 3.44. The van der Waals surface area contributed by atoms with Gasteiger partial charge in [-0.2, -0.15) is 0 Å². The van der Waals surface area contributed by atoms with Gasteiger partial charge in [0.15, 0.2) is 0 Å². The SMILES string of the molecule is CCn1c(=O)c2ccccc2n(CC(=O)Nc2c(-c3ccccc3)nc3c(C)cccn23)c1=O. The summed E-state index contributed by atoms with van der Waals surface area (Å²) in [5.74, 6) is 0.130. The van der Waals surface area contributed by atoms with Crippen molar-refractivity contribution < 1.29 is 4.79 Å². The van der Waals surface area contributed by atoms with Gasteiger partial charge in [-0.25, -0.2) is 9.78 Å². The molecule has 0 fully saturated rings. The van der Waals surface area contributed by atoms with Crippen molar-refractivity contribution in [2.45, 2.75) is 26.9 Å². The largest absolute Gasteiger partial charge is 0.331 e. The van der Waals surface area contributed by atoms with Gasteiger partial charge in [-0.3, -0.25) is 23.1 Å². The quantitative estimate of drug-likeness (QED) is 0.441. The maximum Gasteiger partial charge on any atom is 0.331 e. The molecule has 1 N–H and O–H groups in total. The number of aromatic nitrogens is 4. The van der Waals surface area contributed by atoms with Crippen molar-refractivity contribution >= 4 is 28.3 Å². The molecule has 2 aromatic carbocycles. The van der Waals surface area contributed by atoms with E-state index in [9.17, 15) is 14.4 Å². The number of fused-ring (bicyclic) bond motifs is 2. The summed E-state index contributed by atoms with van der Waals surface area (Å²) in [7, 11) is 0. The Morgan fingerprint density at radius 2 is 1.68 bits per heavy atom. The molecule has 0 saturated carbocycles. The number of hydrogen-bond donors (Lipinski definition) is 1. The number of nitrogens with one attached hydrogen (secondary N) is 1. The van der Waals surface area contributed by atoms with Crippen LogP contribution in [0.5, 0.6) is 0 Å². The second kappa shape index (κ2) is 8.47. The van der Waals surface area contributed by atoms with Crippen LogP contribution in [0.4, 0.5) is 5.82 Å². The van der Waals surface area contributed by atoms with E-state index < -0.39 is 11.6 Å². The van der Waals surface area contributed by atoms with Gasteiger partial charge in [0, 0.05) is 18.3 Å². The Kier molecular flexibility index (Phi) is 5.33. The summed E-state index contributed by atoms with van der Waals surface area (Å²) in [6.45, 7) is 3.67. The highest BCUT2D eigenvalue weighted by Crippen LogP contribution is 2.29. The summed E-state index contributed by atoms with van der Waals surface area (Å²) in [5, 5.41) is 3.36. The van der Waals surface area contributed by atoms with Gasteiger partial charge in [-0.05, 0) is 37.6 Å². The van der Waals surface area contributed by atoms with E-state index in [-0.39, 0.29) is 18.6 Å². The molecule has 0 spiro atoms. The van der Waals surface area contributed by atoms with E-state index in [1.165, 1.54) is 4.57 Å². The Labute approximate surface area is 194 Å². The fourth-order valence-corrected chi connectivity index (χ4v) is 4.24. The van der Waals surface area contributed by atoms with E-state index >= 15 is 0 Å². The first-order valence-electron chi connectivity index (χ1n) is 11.0. The highest BCUT2D eigenvalue weighted by atomic mass is 16.2. The van der Waals surface area contributed by atoms with E-state index in [0.29, 0.717) is 22.4 Å². The number of imidazole rings is 1. The molecule has 0 radical (unpaired) electrons. The van der Waals surface area contributed by atoms with Gasteiger partial charge >= 0.3 is 5.69 Å². The van der Waals surface area contributed by atoms with Gasteiger partial charge in [0.2, 0.25) is 5.91 Å². The monoisotopic (exact) mass is 453 g/mol. The fourth-order valence-electron chi connectivity index (χ4n) is 4.24. The van der Waals surface area contributed by atoms with Crippen LogP contribution in [0.15, 0.2) is 82.5 Å². The van der Waals surface area contributed by atoms with Crippen LogP contribution in [-0.2, 0) is 17.9 Å². The first-order valence-corrected chi connectivity index (χ1v) is 11.0. The molecule has 8 nitrogen and oxygen atoms in total. The topological polar surface area (TPSA) is 90.4 Å². The number of para-hydroxylation sites is 1. The summed E-state index contributed by atoms with van der Waals surface area (Å²) in [6, 6.07) is 20.3. The highest BCUT2D eigenvalue weighted by molar-refractivity contribution is 5.95. The second-order valence-corrected chi connectivity index (χ2v) is 8.04. The number of hydrogen-bond acceptors (Lipinski definition) is 4. The third-order valence-corrected chi connectivity index (χ3v) is 5.90. The van der Waals surface area contributed by atoms with E-state index in [2.05, 4.69) is 5.32 Å². The third kappa shape index (κ3) is 3.49. The molecule has 0 aliphatic rings. The molecule has 5 aromatic rings. The standard InChI is InChI=1S/C26H23N5O3/c1-3-29-25(33)19-13-7-8-14-20(19)31(26(29)34)16-21(32)27-24-22(18-11-5-4-6-12-18)28-23-17(2)10-9-15-30(23)24/h4-15H,3,16H2,1-2H3,(H,27,32). The summed E-state index contributed by atoms with van der Waals surface area (Å²) < 4.78 is 4.32.